The van der Waals surface area contributed by atoms with Gasteiger partial charge in [0, 0.05) is 18.0 Å². The average Bonchev–Trinajstić information content (AvgIpc) is 3.06. The van der Waals surface area contributed by atoms with E-state index in [9.17, 15) is 9.50 Å². The summed E-state index contributed by atoms with van der Waals surface area (Å²) in [5.74, 6) is 0.239. The second kappa shape index (κ2) is 11.3. The standard InChI is InChI=1S/C18H24FN3OS.HI/c1-3-20-18(21-11-13(2)9-15-5-4-8-24-15)22-12-14-6-7-17(23)16(19)10-14;/h4-8,10,13,23H,3,9,11-12H2,1-2H3,(H2,20,21,22);1H. The Bertz CT molecular complexity index is 664. The molecule has 1 unspecified atom stereocenters. The van der Waals surface area contributed by atoms with E-state index in [0.717, 1.165) is 19.5 Å². The maximum atomic E-state index is 13.4. The monoisotopic (exact) mass is 477 g/mol. The number of thiophene rings is 1. The van der Waals surface area contributed by atoms with Gasteiger partial charge in [-0.1, -0.05) is 19.1 Å². The number of hydrogen-bond donors (Lipinski definition) is 3. The minimum absolute atomic E-state index is 0. The summed E-state index contributed by atoms with van der Waals surface area (Å²) in [7, 11) is 0. The lowest BCUT2D eigenvalue weighted by molar-refractivity contribution is 0.432. The lowest BCUT2D eigenvalue weighted by atomic mass is 10.1. The highest BCUT2D eigenvalue weighted by Gasteiger charge is 2.06. The van der Waals surface area contributed by atoms with Crippen LogP contribution in [0.5, 0.6) is 5.75 Å². The fraction of sp³-hybridized carbons (Fsp3) is 0.389. The van der Waals surface area contributed by atoms with Gasteiger partial charge in [-0.3, -0.25) is 0 Å². The van der Waals surface area contributed by atoms with E-state index >= 15 is 0 Å². The van der Waals surface area contributed by atoms with Crippen LogP contribution in [-0.2, 0) is 13.0 Å². The molecular weight excluding hydrogens is 452 g/mol. The quantitative estimate of drug-likeness (QED) is 0.319. The highest BCUT2D eigenvalue weighted by molar-refractivity contribution is 14.0. The molecule has 0 fully saturated rings. The number of aromatic hydroxyl groups is 1. The molecule has 0 saturated carbocycles. The lowest BCUT2D eigenvalue weighted by Crippen LogP contribution is -2.39. The third-order valence-electron chi connectivity index (χ3n) is 3.52. The third kappa shape index (κ3) is 7.60. The van der Waals surface area contributed by atoms with Crippen molar-refractivity contribution in [1.29, 1.82) is 0 Å². The molecule has 1 aromatic heterocycles. The first kappa shape index (κ1) is 21.7. The molecule has 0 amide bonds. The van der Waals surface area contributed by atoms with Crippen LogP contribution in [0.2, 0.25) is 0 Å². The van der Waals surface area contributed by atoms with E-state index in [1.165, 1.54) is 17.0 Å². The van der Waals surface area contributed by atoms with Crippen molar-refractivity contribution in [2.45, 2.75) is 26.8 Å². The summed E-state index contributed by atoms with van der Waals surface area (Å²) >= 11 is 1.78. The van der Waals surface area contributed by atoms with E-state index in [1.54, 1.807) is 17.4 Å². The molecule has 4 nitrogen and oxygen atoms in total. The van der Waals surface area contributed by atoms with Gasteiger partial charge in [0.1, 0.15) is 0 Å². The van der Waals surface area contributed by atoms with Gasteiger partial charge in [0.05, 0.1) is 6.54 Å². The van der Waals surface area contributed by atoms with Crippen molar-refractivity contribution in [3.63, 3.8) is 0 Å². The van der Waals surface area contributed by atoms with Gasteiger partial charge >= 0.3 is 0 Å². The summed E-state index contributed by atoms with van der Waals surface area (Å²) in [6.45, 7) is 6.13. The normalized spacial score (nSPS) is 12.4. The molecular formula is C18H25FIN3OS. The predicted octanol–water partition coefficient (Wildman–Crippen LogP) is 4.14. The minimum Gasteiger partial charge on any atom is -0.505 e. The number of rotatable bonds is 7. The molecule has 0 saturated heterocycles. The van der Waals surface area contributed by atoms with E-state index < -0.39 is 5.82 Å². The Balaban J connectivity index is 0.00000312. The van der Waals surface area contributed by atoms with Gasteiger partial charge < -0.3 is 15.7 Å². The Kier molecular flexibility index (Phi) is 9.81. The molecule has 0 aliphatic heterocycles. The van der Waals surface area contributed by atoms with Crippen molar-refractivity contribution in [1.82, 2.24) is 10.6 Å². The van der Waals surface area contributed by atoms with Crippen LogP contribution in [-0.4, -0.2) is 24.2 Å². The van der Waals surface area contributed by atoms with Gasteiger partial charge in [0.2, 0.25) is 0 Å². The van der Waals surface area contributed by atoms with Crippen molar-refractivity contribution in [3.05, 3.63) is 52.0 Å². The summed E-state index contributed by atoms with van der Waals surface area (Å²) in [6.07, 6.45) is 1.03. The zero-order valence-corrected chi connectivity index (χ0v) is 17.6. The fourth-order valence-corrected chi connectivity index (χ4v) is 3.15. The van der Waals surface area contributed by atoms with Crippen molar-refractivity contribution < 1.29 is 9.50 Å². The van der Waals surface area contributed by atoms with Crippen molar-refractivity contribution in [2.24, 2.45) is 10.9 Å². The maximum Gasteiger partial charge on any atom is 0.191 e. The Morgan fingerprint density at radius 2 is 2.12 bits per heavy atom. The summed E-state index contributed by atoms with van der Waals surface area (Å²) < 4.78 is 13.4. The molecule has 0 radical (unpaired) electrons. The molecule has 1 atom stereocenters. The average molecular weight is 477 g/mol. The number of hydrogen-bond acceptors (Lipinski definition) is 3. The van der Waals surface area contributed by atoms with Gasteiger partial charge in [-0.2, -0.15) is 0 Å². The van der Waals surface area contributed by atoms with Gasteiger partial charge in [-0.25, -0.2) is 9.38 Å². The van der Waals surface area contributed by atoms with E-state index in [-0.39, 0.29) is 29.7 Å². The number of nitrogens with zero attached hydrogens (tertiary/aromatic N) is 1. The highest BCUT2D eigenvalue weighted by atomic mass is 127. The first-order valence-corrected chi connectivity index (χ1v) is 8.98. The molecule has 0 spiro atoms. The molecule has 0 aliphatic rings. The zero-order chi connectivity index (χ0) is 17.4. The number of halogens is 2. The Morgan fingerprint density at radius 1 is 1.32 bits per heavy atom. The molecule has 1 aromatic carbocycles. The predicted molar refractivity (Wildman–Crippen MR) is 113 cm³/mol. The van der Waals surface area contributed by atoms with Gasteiger partial charge in [-0.15, -0.1) is 35.3 Å². The highest BCUT2D eigenvalue weighted by Crippen LogP contribution is 2.16. The van der Waals surface area contributed by atoms with Crippen molar-refractivity contribution in [3.8, 4) is 5.75 Å². The number of phenolic OH excluding ortho intramolecular Hbond substituents is 1. The number of benzene rings is 1. The lowest BCUT2D eigenvalue weighted by Gasteiger charge is -2.15. The second-order valence-electron chi connectivity index (χ2n) is 5.75. The molecule has 2 rings (SSSR count). The molecule has 7 heteroatoms. The number of aliphatic imine (C=N–C) groups is 1. The van der Waals surface area contributed by atoms with Crippen LogP contribution in [0.3, 0.4) is 0 Å². The first-order valence-electron chi connectivity index (χ1n) is 8.10. The zero-order valence-electron chi connectivity index (χ0n) is 14.5. The van der Waals surface area contributed by atoms with Crippen LogP contribution in [0.1, 0.15) is 24.3 Å². The van der Waals surface area contributed by atoms with Crippen LogP contribution in [0.25, 0.3) is 0 Å². The summed E-state index contributed by atoms with van der Waals surface area (Å²) in [5.41, 5.74) is 0.717. The molecule has 25 heavy (non-hydrogen) atoms. The van der Waals surface area contributed by atoms with Gasteiger partial charge in [-0.05, 0) is 48.4 Å². The van der Waals surface area contributed by atoms with Crippen LogP contribution in [0.15, 0.2) is 40.7 Å². The first-order chi connectivity index (χ1) is 11.6. The number of phenols is 1. The van der Waals surface area contributed by atoms with Gasteiger partial charge in [0.15, 0.2) is 17.5 Å². The summed E-state index contributed by atoms with van der Waals surface area (Å²) in [5, 5.41) is 17.8. The summed E-state index contributed by atoms with van der Waals surface area (Å²) in [4.78, 5) is 5.85. The van der Waals surface area contributed by atoms with Crippen LogP contribution in [0.4, 0.5) is 4.39 Å². The fourth-order valence-electron chi connectivity index (χ4n) is 2.28. The topological polar surface area (TPSA) is 56.7 Å². The van der Waals surface area contributed by atoms with E-state index in [0.29, 0.717) is 24.0 Å². The van der Waals surface area contributed by atoms with Crippen molar-refractivity contribution >= 4 is 41.3 Å². The molecule has 3 N–H and O–H groups in total. The Hall–Kier alpha value is -1.35. The van der Waals surface area contributed by atoms with E-state index in [2.05, 4.69) is 40.1 Å². The number of nitrogens with one attached hydrogen (secondary N) is 2. The maximum absolute atomic E-state index is 13.4. The Morgan fingerprint density at radius 3 is 2.76 bits per heavy atom. The molecule has 0 bridgehead atoms. The van der Waals surface area contributed by atoms with E-state index in [1.807, 2.05) is 6.92 Å². The van der Waals surface area contributed by atoms with Crippen LogP contribution in [0, 0.1) is 11.7 Å². The molecule has 1 heterocycles. The van der Waals surface area contributed by atoms with Crippen LogP contribution >= 0.6 is 35.3 Å². The number of guanidine groups is 1. The van der Waals surface area contributed by atoms with E-state index in [4.69, 9.17) is 0 Å². The smallest absolute Gasteiger partial charge is 0.191 e. The largest absolute Gasteiger partial charge is 0.505 e. The molecule has 0 aliphatic carbocycles. The van der Waals surface area contributed by atoms with Gasteiger partial charge in [0.25, 0.3) is 0 Å². The Labute approximate surface area is 169 Å². The summed E-state index contributed by atoms with van der Waals surface area (Å²) in [6, 6.07) is 8.55. The van der Waals surface area contributed by atoms with Crippen LogP contribution < -0.4 is 10.6 Å². The molecule has 138 valence electrons. The SMILES string of the molecule is CCNC(=NCc1ccc(O)c(F)c1)NCC(C)Cc1cccs1.I. The third-order valence-corrected chi connectivity index (χ3v) is 4.42. The minimum atomic E-state index is -0.620. The second-order valence-corrected chi connectivity index (χ2v) is 6.78. The molecule has 2 aromatic rings. The van der Waals surface area contributed by atoms with Crippen molar-refractivity contribution in [2.75, 3.05) is 13.1 Å².